The van der Waals surface area contributed by atoms with E-state index in [4.69, 9.17) is 9.47 Å². The Kier molecular flexibility index (Phi) is 2.11. The van der Waals surface area contributed by atoms with Crippen LogP contribution >= 0.6 is 0 Å². The molecule has 0 amide bonds. The Balaban J connectivity index is 2.94. The number of esters is 1. The highest BCUT2D eigenvalue weighted by atomic mass is 16.7. The van der Waals surface area contributed by atoms with Crippen LogP contribution < -0.4 is 0 Å². The van der Waals surface area contributed by atoms with Crippen LogP contribution in [-0.4, -0.2) is 22.5 Å². The molecule has 1 N–H and O–H groups in total. The number of carbonyl (C=O) groups excluding carboxylic acids is 1. The summed E-state index contributed by atoms with van der Waals surface area (Å²) in [5, 5.41) is 9.59. The lowest BCUT2D eigenvalue weighted by atomic mass is 10.1. The van der Waals surface area contributed by atoms with Crippen LogP contribution in [0, 0.1) is 0 Å². The Morgan fingerprint density at radius 2 is 1.92 bits per heavy atom. The molecule has 0 saturated heterocycles. The Bertz CT molecular complexity index is 257. The zero-order chi connectivity index (χ0) is 10.3. The number of rotatable bonds is 1. The van der Waals surface area contributed by atoms with Gasteiger partial charge in [0.25, 0.3) is 0 Å². The van der Waals surface area contributed by atoms with Crippen LogP contribution in [-0.2, 0) is 14.3 Å². The zero-order valence-electron chi connectivity index (χ0n) is 8.25. The second-order valence-electron chi connectivity index (χ2n) is 3.99. The van der Waals surface area contributed by atoms with E-state index in [-0.39, 0.29) is 5.76 Å². The molecule has 74 valence electrons. The van der Waals surface area contributed by atoms with Crippen molar-refractivity contribution in [3.05, 3.63) is 11.8 Å². The monoisotopic (exact) mass is 186 g/mol. The van der Waals surface area contributed by atoms with Gasteiger partial charge in [0.2, 0.25) is 5.79 Å². The minimum atomic E-state index is -1.16. The average molecular weight is 186 g/mol. The molecule has 1 heterocycles. The fraction of sp³-hybridized carbons (Fsp3) is 0.667. The lowest BCUT2D eigenvalue weighted by molar-refractivity contribution is -0.214. The summed E-state index contributed by atoms with van der Waals surface area (Å²) < 4.78 is 10.1. The predicted octanol–water partition coefficient (Wildman–Crippen LogP) is 0.951. The molecule has 0 spiro atoms. The van der Waals surface area contributed by atoms with Gasteiger partial charge in [-0.15, -0.1) is 0 Å². The van der Waals surface area contributed by atoms with Crippen LogP contribution in [0.2, 0.25) is 0 Å². The van der Waals surface area contributed by atoms with E-state index in [1.807, 2.05) is 0 Å². The molecule has 0 bridgehead atoms. The van der Waals surface area contributed by atoms with Crippen LogP contribution in [0.3, 0.4) is 0 Å². The summed E-state index contributed by atoms with van der Waals surface area (Å²) in [6.45, 7) is 6.33. The number of carbonyl (C=O) groups is 1. The van der Waals surface area contributed by atoms with Crippen LogP contribution in [0.5, 0.6) is 0 Å². The molecule has 4 heteroatoms. The van der Waals surface area contributed by atoms with Crippen molar-refractivity contribution in [1.82, 2.24) is 0 Å². The van der Waals surface area contributed by atoms with Crippen molar-refractivity contribution in [3.63, 3.8) is 0 Å². The molecule has 1 aliphatic rings. The molecule has 4 nitrogen and oxygen atoms in total. The molecule has 0 radical (unpaired) electrons. The van der Waals surface area contributed by atoms with Gasteiger partial charge in [-0.25, -0.2) is 4.79 Å². The lowest BCUT2D eigenvalue weighted by Gasteiger charge is -2.34. The van der Waals surface area contributed by atoms with Gasteiger partial charge in [0, 0.05) is 13.8 Å². The first-order valence-electron chi connectivity index (χ1n) is 4.07. The van der Waals surface area contributed by atoms with Crippen LogP contribution in [0.4, 0.5) is 0 Å². The second-order valence-corrected chi connectivity index (χ2v) is 3.99. The topological polar surface area (TPSA) is 55.8 Å². The summed E-state index contributed by atoms with van der Waals surface area (Å²) in [6.07, 6.45) is 1.16. The number of ether oxygens (including phenoxy) is 2. The highest BCUT2D eigenvalue weighted by Crippen LogP contribution is 2.28. The number of aliphatic hydroxyl groups is 1. The Morgan fingerprint density at radius 3 is 2.31 bits per heavy atom. The van der Waals surface area contributed by atoms with Gasteiger partial charge in [-0.05, 0) is 13.8 Å². The SMILES string of the molecule is CC1(C)OC(=O)C=C(C(C)(C)O)O1. The van der Waals surface area contributed by atoms with Gasteiger partial charge >= 0.3 is 5.97 Å². The summed E-state index contributed by atoms with van der Waals surface area (Å²) in [7, 11) is 0. The fourth-order valence-electron chi connectivity index (χ4n) is 0.995. The minimum absolute atomic E-state index is 0.230. The summed E-state index contributed by atoms with van der Waals surface area (Å²) in [4.78, 5) is 11.0. The molecule has 0 aromatic rings. The van der Waals surface area contributed by atoms with Gasteiger partial charge in [0.05, 0.1) is 6.08 Å². The summed E-state index contributed by atoms with van der Waals surface area (Å²) in [5.41, 5.74) is -1.16. The number of hydrogen-bond donors (Lipinski definition) is 1. The summed E-state index contributed by atoms with van der Waals surface area (Å²) in [6, 6.07) is 0. The Hall–Kier alpha value is -1.03. The van der Waals surface area contributed by atoms with Crippen molar-refractivity contribution in [2.75, 3.05) is 0 Å². The van der Waals surface area contributed by atoms with Crippen molar-refractivity contribution >= 4 is 5.97 Å². The Morgan fingerprint density at radius 1 is 1.38 bits per heavy atom. The quantitative estimate of drug-likeness (QED) is 0.619. The molecular weight excluding hydrogens is 172 g/mol. The molecule has 0 saturated carbocycles. The normalized spacial score (nSPS) is 21.6. The molecule has 0 atom stereocenters. The van der Waals surface area contributed by atoms with Crippen molar-refractivity contribution in [3.8, 4) is 0 Å². The van der Waals surface area contributed by atoms with E-state index >= 15 is 0 Å². The molecule has 0 aromatic heterocycles. The van der Waals surface area contributed by atoms with E-state index < -0.39 is 17.4 Å². The van der Waals surface area contributed by atoms with E-state index in [0.29, 0.717) is 0 Å². The third-order valence-corrected chi connectivity index (χ3v) is 1.55. The van der Waals surface area contributed by atoms with Gasteiger partial charge in [0.15, 0.2) is 0 Å². The van der Waals surface area contributed by atoms with Crippen LogP contribution in [0.1, 0.15) is 27.7 Å². The minimum Gasteiger partial charge on any atom is -0.454 e. The molecule has 1 rings (SSSR count). The standard InChI is InChI=1S/C9H14O4/c1-8(2,11)6-5-7(10)13-9(3,4)12-6/h5,11H,1-4H3. The van der Waals surface area contributed by atoms with Gasteiger partial charge in [-0.3, -0.25) is 0 Å². The maximum absolute atomic E-state index is 11.0. The van der Waals surface area contributed by atoms with Crippen LogP contribution in [0.25, 0.3) is 0 Å². The van der Waals surface area contributed by atoms with Crippen molar-refractivity contribution < 1.29 is 19.4 Å². The number of cyclic esters (lactones) is 1. The third kappa shape index (κ3) is 2.45. The van der Waals surface area contributed by atoms with E-state index in [0.717, 1.165) is 6.08 Å². The Labute approximate surface area is 77.1 Å². The van der Waals surface area contributed by atoms with E-state index in [1.165, 1.54) is 0 Å². The second kappa shape index (κ2) is 2.73. The molecule has 0 aliphatic carbocycles. The molecule has 1 aliphatic heterocycles. The number of hydrogen-bond acceptors (Lipinski definition) is 4. The molecule has 13 heavy (non-hydrogen) atoms. The largest absolute Gasteiger partial charge is 0.454 e. The first kappa shape index (κ1) is 10.1. The molecular formula is C9H14O4. The molecule has 0 aromatic carbocycles. The summed E-state index contributed by atoms with van der Waals surface area (Å²) >= 11 is 0. The van der Waals surface area contributed by atoms with Crippen LogP contribution in [0.15, 0.2) is 11.8 Å². The predicted molar refractivity (Wildman–Crippen MR) is 45.6 cm³/mol. The van der Waals surface area contributed by atoms with Gasteiger partial charge in [0.1, 0.15) is 11.4 Å². The maximum Gasteiger partial charge on any atom is 0.337 e. The zero-order valence-corrected chi connectivity index (χ0v) is 8.25. The van der Waals surface area contributed by atoms with E-state index in [1.54, 1.807) is 27.7 Å². The first-order chi connectivity index (χ1) is 5.71. The molecule has 0 unspecified atom stereocenters. The van der Waals surface area contributed by atoms with Crippen molar-refractivity contribution in [2.24, 2.45) is 0 Å². The van der Waals surface area contributed by atoms with E-state index in [9.17, 15) is 9.90 Å². The van der Waals surface area contributed by atoms with Crippen molar-refractivity contribution in [1.29, 1.82) is 0 Å². The highest BCUT2D eigenvalue weighted by molar-refractivity contribution is 5.83. The highest BCUT2D eigenvalue weighted by Gasteiger charge is 2.35. The van der Waals surface area contributed by atoms with Gasteiger partial charge in [-0.1, -0.05) is 0 Å². The third-order valence-electron chi connectivity index (χ3n) is 1.55. The van der Waals surface area contributed by atoms with Gasteiger partial charge < -0.3 is 14.6 Å². The average Bonchev–Trinajstić information content (AvgIpc) is 1.79. The van der Waals surface area contributed by atoms with Crippen molar-refractivity contribution in [2.45, 2.75) is 39.1 Å². The smallest absolute Gasteiger partial charge is 0.337 e. The fourth-order valence-corrected chi connectivity index (χ4v) is 0.995. The lowest BCUT2D eigenvalue weighted by Crippen LogP contribution is -2.40. The maximum atomic E-state index is 11.0. The summed E-state index contributed by atoms with van der Waals surface area (Å²) in [5.74, 6) is -1.26. The molecule has 0 fully saturated rings. The van der Waals surface area contributed by atoms with E-state index in [2.05, 4.69) is 0 Å². The first-order valence-corrected chi connectivity index (χ1v) is 4.07. The van der Waals surface area contributed by atoms with Gasteiger partial charge in [-0.2, -0.15) is 0 Å².